The highest BCUT2D eigenvalue weighted by Gasteiger charge is 2.50. The maximum Gasteiger partial charge on any atom is 0.573 e. The third-order valence-corrected chi connectivity index (χ3v) is 5.56. The number of hydrogen-bond donors (Lipinski definition) is 2. The van der Waals surface area contributed by atoms with E-state index in [1.54, 1.807) is 19.9 Å². The minimum Gasteiger partial charge on any atom is -0.509 e. The molecule has 1 saturated carbocycles. The van der Waals surface area contributed by atoms with Crippen molar-refractivity contribution in [3.63, 3.8) is 0 Å². The molecule has 0 radical (unpaired) electrons. The van der Waals surface area contributed by atoms with Crippen LogP contribution in [0.4, 0.5) is 13.2 Å². The standard InChI is InChI=1S/C21H26F3NO4/c1-4-13-9-12(3)10-15(29-21(22,23)24)16(13)17-18(26)20(25-19(17)27)8-6-7-14(11-20)28-5-2/h9-10,14,26H,4-8,11H2,1-3H3,(H,25,27)/t14-,20-/m0/s1. The van der Waals surface area contributed by atoms with Crippen molar-refractivity contribution in [1.82, 2.24) is 5.32 Å². The fourth-order valence-electron chi connectivity index (χ4n) is 4.44. The summed E-state index contributed by atoms with van der Waals surface area (Å²) in [6.45, 7) is 5.82. The maximum atomic E-state index is 13.0. The highest BCUT2D eigenvalue weighted by Crippen LogP contribution is 2.45. The zero-order valence-electron chi connectivity index (χ0n) is 16.8. The number of aliphatic hydroxyl groups is 1. The van der Waals surface area contributed by atoms with E-state index in [0.29, 0.717) is 37.0 Å². The van der Waals surface area contributed by atoms with E-state index in [4.69, 9.17) is 4.74 Å². The minimum atomic E-state index is -4.92. The number of aliphatic hydroxyl groups excluding tert-OH is 1. The second-order valence-electron chi connectivity index (χ2n) is 7.63. The van der Waals surface area contributed by atoms with Crippen LogP contribution >= 0.6 is 0 Å². The van der Waals surface area contributed by atoms with Gasteiger partial charge in [0, 0.05) is 18.6 Å². The van der Waals surface area contributed by atoms with E-state index in [2.05, 4.69) is 10.1 Å². The lowest BCUT2D eigenvalue weighted by molar-refractivity contribution is -0.274. The molecular formula is C21H26F3NO4. The van der Waals surface area contributed by atoms with Gasteiger partial charge in [0.1, 0.15) is 17.0 Å². The number of halogens is 3. The fourth-order valence-corrected chi connectivity index (χ4v) is 4.44. The number of nitrogens with one attached hydrogen (secondary N) is 1. The molecule has 0 saturated heterocycles. The van der Waals surface area contributed by atoms with Crippen LogP contribution in [0.1, 0.15) is 56.2 Å². The Labute approximate surface area is 167 Å². The minimum absolute atomic E-state index is 0.000772. The molecule has 2 N–H and O–H groups in total. The zero-order valence-corrected chi connectivity index (χ0v) is 16.8. The molecule has 0 bridgehead atoms. The van der Waals surface area contributed by atoms with E-state index in [1.807, 2.05) is 6.92 Å². The van der Waals surface area contributed by atoms with Gasteiger partial charge in [-0.25, -0.2) is 0 Å². The molecule has 0 unspecified atom stereocenters. The summed E-state index contributed by atoms with van der Waals surface area (Å²) in [5, 5.41) is 13.9. The number of carbonyl (C=O) groups is 1. The van der Waals surface area contributed by atoms with Crippen LogP contribution < -0.4 is 10.1 Å². The molecule has 3 rings (SSSR count). The van der Waals surface area contributed by atoms with Gasteiger partial charge in [-0.1, -0.05) is 13.0 Å². The number of amides is 1. The first kappa shape index (κ1) is 21.5. The van der Waals surface area contributed by atoms with E-state index in [0.717, 1.165) is 12.8 Å². The summed E-state index contributed by atoms with van der Waals surface area (Å²) in [7, 11) is 0. The Bertz CT molecular complexity index is 832. The van der Waals surface area contributed by atoms with Gasteiger partial charge in [-0.2, -0.15) is 0 Å². The van der Waals surface area contributed by atoms with E-state index >= 15 is 0 Å². The first-order valence-electron chi connectivity index (χ1n) is 9.87. The second-order valence-corrected chi connectivity index (χ2v) is 7.63. The SMILES string of the molecule is CCO[C@H]1CCC[C@@]2(C1)NC(=O)C(c1c(CC)cc(C)cc1OC(F)(F)F)=C2O. The molecule has 160 valence electrons. The Morgan fingerprint density at radius 2 is 2.03 bits per heavy atom. The van der Waals surface area contributed by atoms with Crippen molar-refractivity contribution < 1.29 is 32.5 Å². The van der Waals surface area contributed by atoms with E-state index in [9.17, 15) is 23.1 Å². The summed E-state index contributed by atoms with van der Waals surface area (Å²) in [5.41, 5.74) is -0.0722. The van der Waals surface area contributed by atoms with Crippen molar-refractivity contribution in [2.45, 2.75) is 70.9 Å². The Hall–Kier alpha value is -2.22. The van der Waals surface area contributed by atoms with Crippen LogP contribution in [0.25, 0.3) is 5.57 Å². The van der Waals surface area contributed by atoms with Crippen molar-refractivity contribution in [2.75, 3.05) is 6.61 Å². The highest BCUT2D eigenvalue weighted by molar-refractivity contribution is 6.24. The first-order chi connectivity index (χ1) is 13.6. The van der Waals surface area contributed by atoms with Gasteiger partial charge in [0.05, 0.1) is 11.7 Å². The number of rotatable bonds is 5. The van der Waals surface area contributed by atoms with Crippen LogP contribution in [-0.2, 0) is 16.0 Å². The number of alkyl halides is 3. The third kappa shape index (κ3) is 4.22. The molecule has 2 atom stereocenters. The van der Waals surface area contributed by atoms with Crippen LogP contribution in [0.3, 0.4) is 0 Å². The summed E-state index contributed by atoms with van der Waals surface area (Å²) in [6.07, 6.45) is -2.26. The second kappa shape index (κ2) is 7.89. The van der Waals surface area contributed by atoms with Crippen LogP contribution in [0.15, 0.2) is 17.9 Å². The lowest BCUT2D eigenvalue weighted by Gasteiger charge is -2.37. The van der Waals surface area contributed by atoms with E-state index in [1.165, 1.54) is 6.07 Å². The summed E-state index contributed by atoms with van der Waals surface area (Å²) < 4.78 is 49.0. The zero-order chi connectivity index (χ0) is 21.4. The lowest BCUT2D eigenvalue weighted by Crippen LogP contribution is -2.49. The Balaban J connectivity index is 2.14. The Morgan fingerprint density at radius 3 is 2.66 bits per heavy atom. The largest absolute Gasteiger partial charge is 0.573 e. The summed E-state index contributed by atoms with van der Waals surface area (Å²) in [6, 6.07) is 2.95. The summed E-state index contributed by atoms with van der Waals surface area (Å²) in [4.78, 5) is 12.9. The molecule has 5 nitrogen and oxygen atoms in total. The molecule has 1 fully saturated rings. The van der Waals surface area contributed by atoms with Gasteiger partial charge in [0.15, 0.2) is 0 Å². The predicted molar refractivity (Wildman–Crippen MR) is 102 cm³/mol. The van der Waals surface area contributed by atoms with Crippen molar-refractivity contribution >= 4 is 11.5 Å². The average molecular weight is 413 g/mol. The molecule has 1 aromatic rings. The summed E-state index contributed by atoms with van der Waals surface area (Å²) >= 11 is 0. The van der Waals surface area contributed by atoms with Gasteiger partial charge in [0.2, 0.25) is 0 Å². The molecule has 1 aliphatic heterocycles. The van der Waals surface area contributed by atoms with Gasteiger partial charge in [-0.15, -0.1) is 13.2 Å². The van der Waals surface area contributed by atoms with Gasteiger partial charge < -0.3 is 19.9 Å². The molecule has 1 amide bonds. The molecule has 1 heterocycles. The first-order valence-corrected chi connectivity index (χ1v) is 9.87. The number of aryl methyl sites for hydroxylation is 2. The van der Waals surface area contributed by atoms with Crippen LogP contribution in [0.5, 0.6) is 5.75 Å². The number of hydrogen-bond acceptors (Lipinski definition) is 4. The molecule has 1 aliphatic carbocycles. The molecule has 2 aliphatic rings. The molecule has 1 aromatic carbocycles. The Morgan fingerprint density at radius 1 is 1.31 bits per heavy atom. The van der Waals surface area contributed by atoms with E-state index < -0.39 is 23.6 Å². The molecule has 8 heteroatoms. The molecule has 29 heavy (non-hydrogen) atoms. The fraction of sp³-hybridized carbons (Fsp3) is 0.571. The highest BCUT2D eigenvalue weighted by atomic mass is 19.4. The van der Waals surface area contributed by atoms with Crippen molar-refractivity contribution in [3.8, 4) is 5.75 Å². The monoisotopic (exact) mass is 413 g/mol. The van der Waals surface area contributed by atoms with Crippen LogP contribution in [0.2, 0.25) is 0 Å². The van der Waals surface area contributed by atoms with Gasteiger partial charge in [-0.05, 0) is 56.7 Å². The topological polar surface area (TPSA) is 67.8 Å². The molecule has 1 spiro atoms. The van der Waals surface area contributed by atoms with Crippen molar-refractivity contribution in [2.24, 2.45) is 0 Å². The summed E-state index contributed by atoms with van der Waals surface area (Å²) in [5.74, 6) is -1.29. The number of carbonyl (C=O) groups excluding carboxylic acids is 1. The lowest BCUT2D eigenvalue weighted by atomic mass is 9.78. The third-order valence-electron chi connectivity index (χ3n) is 5.56. The van der Waals surface area contributed by atoms with Crippen molar-refractivity contribution in [3.05, 3.63) is 34.6 Å². The van der Waals surface area contributed by atoms with Crippen LogP contribution in [0, 0.1) is 6.92 Å². The maximum absolute atomic E-state index is 13.0. The van der Waals surface area contributed by atoms with Gasteiger partial charge in [0.25, 0.3) is 5.91 Å². The number of ether oxygens (including phenoxy) is 2. The van der Waals surface area contributed by atoms with Gasteiger partial charge >= 0.3 is 6.36 Å². The molecule has 0 aromatic heterocycles. The Kier molecular flexibility index (Phi) is 5.85. The molecular weight excluding hydrogens is 387 g/mol. The quantitative estimate of drug-likeness (QED) is 0.742. The average Bonchev–Trinajstić information content (AvgIpc) is 2.83. The van der Waals surface area contributed by atoms with Gasteiger partial charge in [-0.3, -0.25) is 4.79 Å². The smallest absolute Gasteiger partial charge is 0.509 e. The normalized spacial score (nSPS) is 24.9. The van der Waals surface area contributed by atoms with E-state index in [-0.39, 0.29) is 23.0 Å². The number of benzene rings is 1. The predicted octanol–water partition coefficient (Wildman–Crippen LogP) is 4.57. The van der Waals surface area contributed by atoms with Crippen molar-refractivity contribution in [1.29, 1.82) is 0 Å². The van der Waals surface area contributed by atoms with Crippen LogP contribution in [-0.4, -0.2) is 35.6 Å².